The van der Waals surface area contributed by atoms with Gasteiger partial charge in [0.2, 0.25) is 11.8 Å². The van der Waals surface area contributed by atoms with Gasteiger partial charge in [0.25, 0.3) is 0 Å². The van der Waals surface area contributed by atoms with Gasteiger partial charge < -0.3 is 4.74 Å². The van der Waals surface area contributed by atoms with Crippen LogP contribution in [0.3, 0.4) is 0 Å². The number of aryl methyl sites for hydroxylation is 1. The largest absolute Gasteiger partial charge is 0.420 e. The quantitative estimate of drug-likeness (QED) is 0.319. The van der Waals surface area contributed by atoms with E-state index in [1.807, 2.05) is 61.5 Å². The van der Waals surface area contributed by atoms with Gasteiger partial charge in [-0.1, -0.05) is 48.0 Å². The lowest BCUT2D eigenvalue weighted by atomic mass is 9.84. The Hall–Kier alpha value is -4.56. The monoisotopic (exact) mass is 491 g/mol. The molecule has 1 aliphatic rings. The normalized spacial score (nSPS) is 14.3. The van der Waals surface area contributed by atoms with Gasteiger partial charge in [0.15, 0.2) is 11.5 Å². The summed E-state index contributed by atoms with van der Waals surface area (Å²) in [6.07, 6.45) is 5.08. The molecule has 0 N–H and O–H groups in total. The molecule has 6 aromatic rings. The highest BCUT2D eigenvalue weighted by Crippen LogP contribution is 2.49. The van der Waals surface area contributed by atoms with Crippen LogP contribution in [-0.2, 0) is 0 Å². The van der Waals surface area contributed by atoms with Gasteiger partial charge in [0, 0.05) is 23.0 Å². The molecule has 174 valence electrons. The summed E-state index contributed by atoms with van der Waals surface area (Å²) < 4.78 is 9.94. The Bertz CT molecular complexity index is 1750. The number of halogens is 1. The third-order valence-electron chi connectivity index (χ3n) is 6.34. The van der Waals surface area contributed by atoms with Crippen molar-refractivity contribution in [3.8, 4) is 28.8 Å². The number of benzene rings is 2. The molecule has 36 heavy (non-hydrogen) atoms. The van der Waals surface area contributed by atoms with Crippen molar-refractivity contribution in [2.45, 2.75) is 12.8 Å². The summed E-state index contributed by atoms with van der Waals surface area (Å²) in [7, 11) is 0. The third kappa shape index (κ3) is 3.19. The first-order valence-electron chi connectivity index (χ1n) is 11.4. The van der Waals surface area contributed by atoms with E-state index in [1.165, 1.54) is 0 Å². The topological polar surface area (TPSA) is 83.0 Å². The summed E-state index contributed by atoms with van der Waals surface area (Å²) in [5.41, 5.74) is 6.10. The molecule has 0 saturated heterocycles. The van der Waals surface area contributed by atoms with E-state index in [2.05, 4.69) is 27.2 Å². The first-order chi connectivity index (χ1) is 17.7. The van der Waals surface area contributed by atoms with Gasteiger partial charge in [0.05, 0.1) is 28.4 Å². The fourth-order valence-corrected chi connectivity index (χ4v) is 4.95. The van der Waals surface area contributed by atoms with E-state index in [0.717, 1.165) is 33.6 Å². The van der Waals surface area contributed by atoms with E-state index in [4.69, 9.17) is 26.4 Å². The van der Waals surface area contributed by atoms with E-state index in [1.54, 1.807) is 27.9 Å². The fourth-order valence-electron chi connectivity index (χ4n) is 4.76. The maximum Gasteiger partial charge on any atom is 0.230 e. The second-order valence-corrected chi connectivity index (χ2v) is 8.98. The zero-order chi connectivity index (χ0) is 24.2. The van der Waals surface area contributed by atoms with Crippen molar-refractivity contribution in [1.29, 1.82) is 0 Å². The van der Waals surface area contributed by atoms with Crippen LogP contribution < -0.4 is 4.74 Å². The molecule has 0 unspecified atom stereocenters. The lowest BCUT2D eigenvalue weighted by molar-refractivity contribution is 0.402. The molecular weight excluding hydrogens is 474 g/mol. The zero-order valence-electron chi connectivity index (χ0n) is 19.1. The van der Waals surface area contributed by atoms with E-state index in [0.29, 0.717) is 28.3 Å². The molecule has 4 aromatic heterocycles. The summed E-state index contributed by atoms with van der Waals surface area (Å²) in [6, 6.07) is 21.6. The first-order valence-corrected chi connectivity index (χ1v) is 11.8. The van der Waals surface area contributed by atoms with Crippen LogP contribution in [0.2, 0.25) is 5.02 Å². The highest BCUT2D eigenvalue weighted by Gasteiger charge is 2.38. The minimum atomic E-state index is -0.205. The Morgan fingerprint density at radius 3 is 2.56 bits per heavy atom. The summed E-state index contributed by atoms with van der Waals surface area (Å²) in [5, 5.41) is 10.2. The van der Waals surface area contributed by atoms with Crippen LogP contribution in [0.4, 0.5) is 0 Å². The van der Waals surface area contributed by atoms with Gasteiger partial charge in [-0.25, -0.2) is 19.2 Å². The first kappa shape index (κ1) is 20.8. The minimum Gasteiger partial charge on any atom is -0.420 e. The van der Waals surface area contributed by atoms with Crippen LogP contribution in [0.5, 0.6) is 11.8 Å². The molecule has 0 amide bonds. The molecule has 1 atom stereocenters. The maximum atomic E-state index is 6.45. The van der Waals surface area contributed by atoms with Crippen molar-refractivity contribution >= 4 is 17.2 Å². The van der Waals surface area contributed by atoms with Crippen molar-refractivity contribution in [3.63, 3.8) is 0 Å². The van der Waals surface area contributed by atoms with E-state index >= 15 is 0 Å². The number of hydrogen-bond acceptors (Lipinski definition) is 6. The van der Waals surface area contributed by atoms with Crippen LogP contribution in [-0.4, -0.2) is 34.3 Å². The highest BCUT2D eigenvalue weighted by atomic mass is 35.5. The van der Waals surface area contributed by atoms with Gasteiger partial charge >= 0.3 is 0 Å². The molecule has 5 heterocycles. The molecule has 0 fully saturated rings. The van der Waals surface area contributed by atoms with Crippen LogP contribution >= 0.6 is 11.6 Å². The summed E-state index contributed by atoms with van der Waals surface area (Å²) in [6.45, 7) is 1.99. The van der Waals surface area contributed by atoms with Gasteiger partial charge in [-0.2, -0.15) is 5.10 Å². The standard InChI is InChI=1S/C27H18ClN7O/c1-16-21-22(17-6-3-2-4-7-17)23-25-31-24(18-10-12-29-13-11-18)33-34(25)15-30-26(23)36-27(21)35(32-16)20-9-5-8-19(28)14-20/h2-15,22H,1H3/t22-/m0/s1. The van der Waals surface area contributed by atoms with Gasteiger partial charge in [-0.05, 0) is 42.8 Å². The van der Waals surface area contributed by atoms with Crippen molar-refractivity contribution in [2.75, 3.05) is 0 Å². The molecule has 0 bridgehead atoms. The molecule has 1 aliphatic heterocycles. The Labute approximate surface area is 210 Å². The highest BCUT2D eigenvalue weighted by molar-refractivity contribution is 6.30. The fraction of sp³-hybridized carbons (Fsp3) is 0.0741. The number of aromatic nitrogens is 7. The van der Waals surface area contributed by atoms with Crippen molar-refractivity contribution in [1.82, 2.24) is 34.3 Å². The van der Waals surface area contributed by atoms with Gasteiger partial charge in [-0.15, -0.1) is 5.10 Å². The number of nitrogens with zero attached hydrogens (tertiary/aromatic N) is 7. The summed E-state index contributed by atoms with van der Waals surface area (Å²) >= 11 is 6.29. The Balaban J connectivity index is 1.49. The molecule has 0 saturated carbocycles. The van der Waals surface area contributed by atoms with Crippen LogP contribution in [0, 0.1) is 6.92 Å². The van der Waals surface area contributed by atoms with Crippen LogP contribution in [0.15, 0.2) is 85.5 Å². The van der Waals surface area contributed by atoms with Crippen LogP contribution in [0.1, 0.15) is 28.3 Å². The zero-order valence-corrected chi connectivity index (χ0v) is 19.8. The van der Waals surface area contributed by atoms with Crippen molar-refractivity contribution in [2.24, 2.45) is 0 Å². The Kier molecular flexibility index (Phi) is 4.62. The third-order valence-corrected chi connectivity index (χ3v) is 6.58. The van der Waals surface area contributed by atoms with E-state index in [-0.39, 0.29) is 5.92 Å². The average Bonchev–Trinajstić information content (AvgIpc) is 3.50. The average molecular weight is 492 g/mol. The maximum absolute atomic E-state index is 6.45. The molecule has 0 radical (unpaired) electrons. The van der Waals surface area contributed by atoms with Gasteiger partial charge in [0.1, 0.15) is 6.33 Å². The number of ether oxygens (including phenoxy) is 1. The Morgan fingerprint density at radius 2 is 1.75 bits per heavy atom. The SMILES string of the molecule is Cc1nn(-c2cccc(Cl)c2)c2c1[C@H](c1ccccc1)c1c(ncn3nc(-c4ccncc4)nc13)O2. The smallest absolute Gasteiger partial charge is 0.230 e. The predicted molar refractivity (Wildman–Crippen MR) is 135 cm³/mol. The van der Waals surface area contributed by atoms with Gasteiger partial charge in [-0.3, -0.25) is 4.98 Å². The second kappa shape index (κ2) is 8.00. The molecule has 8 nitrogen and oxygen atoms in total. The lowest BCUT2D eigenvalue weighted by Gasteiger charge is -2.26. The number of rotatable bonds is 3. The molecule has 0 aliphatic carbocycles. The Morgan fingerprint density at radius 1 is 0.917 bits per heavy atom. The lowest BCUT2D eigenvalue weighted by Crippen LogP contribution is -2.16. The number of hydrogen-bond donors (Lipinski definition) is 0. The molecule has 7 rings (SSSR count). The number of pyridine rings is 1. The number of fused-ring (bicyclic) bond motifs is 4. The van der Waals surface area contributed by atoms with Crippen molar-refractivity contribution < 1.29 is 4.74 Å². The van der Waals surface area contributed by atoms with E-state index in [9.17, 15) is 0 Å². The van der Waals surface area contributed by atoms with E-state index < -0.39 is 0 Å². The molecular formula is C27H18ClN7O. The molecule has 0 spiro atoms. The summed E-state index contributed by atoms with van der Waals surface area (Å²) in [4.78, 5) is 13.7. The molecule has 2 aromatic carbocycles. The predicted octanol–water partition coefficient (Wildman–Crippen LogP) is 5.62. The van der Waals surface area contributed by atoms with Crippen LogP contribution in [0.25, 0.3) is 22.7 Å². The minimum absolute atomic E-state index is 0.205. The second-order valence-electron chi connectivity index (χ2n) is 8.54. The molecule has 9 heteroatoms. The van der Waals surface area contributed by atoms with Crippen molar-refractivity contribution in [3.05, 3.63) is 113 Å². The summed E-state index contributed by atoms with van der Waals surface area (Å²) in [5.74, 6) is 1.47.